The van der Waals surface area contributed by atoms with Crippen LogP contribution in [0, 0.1) is 0 Å². The van der Waals surface area contributed by atoms with Gasteiger partial charge in [-0.1, -0.05) is 48.0 Å². The number of rotatable bonds is 1. The molecule has 0 saturated carbocycles. The molecule has 0 amide bonds. The Balaban J connectivity index is 1.96. The van der Waals surface area contributed by atoms with Gasteiger partial charge in [0.25, 0.3) is 0 Å². The van der Waals surface area contributed by atoms with Crippen molar-refractivity contribution < 1.29 is 4.74 Å². The van der Waals surface area contributed by atoms with Crippen LogP contribution in [0.2, 0.25) is 5.02 Å². The third kappa shape index (κ3) is 2.27. The molecule has 0 aromatic heterocycles. The number of benzene rings is 2. The van der Waals surface area contributed by atoms with Gasteiger partial charge in [-0.15, -0.1) is 0 Å². The highest BCUT2D eigenvalue weighted by Crippen LogP contribution is 2.30. The molecule has 1 aliphatic heterocycles. The van der Waals surface area contributed by atoms with E-state index >= 15 is 0 Å². The van der Waals surface area contributed by atoms with Crippen LogP contribution >= 0.6 is 11.6 Å². The third-order valence-corrected chi connectivity index (χ3v) is 3.29. The van der Waals surface area contributed by atoms with E-state index in [0.717, 1.165) is 22.8 Å². The predicted molar refractivity (Wildman–Crippen MR) is 74.1 cm³/mol. The van der Waals surface area contributed by atoms with Gasteiger partial charge >= 0.3 is 0 Å². The zero-order valence-electron chi connectivity index (χ0n) is 9.84. The molecule has 0 saturated heterocycles. The molecule has 18 heavy (non-hydrogen) atoms. The largest absolute Gasteiger partial charge is 0.481 e. The first-order valence-corrected chi connectivity index (χ1v) is 6.37. The average molecular weight is 257 g/mol. The maximum atomic E-state index is 6.05. The van der Waals surface area contributed by atoms with E-state index in [2.05, 4.69) is 18.2 Å². The van der Waals surface area contributed by atoms with Crippen LogP contribution in [0.3, 0.4) is 0 Å². The van der Waals surface area contributed by atoms with E-state index in [1.54, 1.807) is 0 Å². The van der Waals surface area contributed by atoms with Crippen molar-refractivity contribution in [1.29, 1.82) is 0 Å². The number of allylic oxidation sites excluding steroid dienone is 1. The van der Waals surface area contributed by atoms with Crippen LogP contribution < -0.4 is 4.74 Å². The first kappa shape index (κ1) is 11.4. The lowest BCUT2D eigenvalue weighted by atomic mass is 10.1. The zero-order valence-corrected chi connectivity index (χ0v) is 10.6. The van der Waals surface area contributed by atoms with Gasteiger partial charge in [0.1, 0.15) is 11.9 Å². The Kier molecular flexibility index (Phi) is 3.07. The molecule has 1 heterocycles. The van der Waals surface area contributed by atoms with Gasteiger partial charge < -0.3 is 4.74 Å². The molecule has 0 radical (unpaired) electrons. The minimum atomic E-state index is -0.0626. The molecule has 2 aromatic carbocycles. The molecule has 2 aromatic rings. The van der Waals surface area contributed by atoms with Crippen molar-refractivity contribution in [1.82, 2.24) is 0 Å². The lowest BCUT2D eigenvalue weighted by Gasteiger charge is -2.16. The molecule has 0 N–H and O–H groups in total. The summed E-state index contributed by atoms with van der Waals surface area (Å²) in [5.41, 5.74) is 2.30. The topological polar surface area (TPSA) is 9.23 Å². The van der Waals surface area contributed by atoms with Gasteiger partial charge in [0.2, 0.25) is 0 Å². The monoisotopic (exact) mass is 256 g/mol. The van der Waals surface area contributed by atoms with E-state index in [4.69, 9.17) is 16.3 Å². The SMILES string of the molecule is Clc1cccc(C2C=CCc3ccccc3O2)c1. The fraction of sp³-hybridized carbons (Fsp3) is 0.125. The van der Waals surface area contributed by atoms with Crippen LogP contribution in [0.5, 0.6) is 5.75 Å². The third-order valence-electron chi connectivity index (χ3n) is 3.05. The van der Waals surface area contributed by atoms with Gasteiger partial charge in [-0.25, -0.2) is 0 Å². The van der Waals surface area contributed by atoms with Crippen LogP contribution in [0.4, 0.5) is 0 Å². The second-order valence-electron chi connectivity index (χ2n) is 4.33. The summed E-state index contributed by atoms with van der Waals surface area (Å²) in [7, 11) is 0. The Morgan fingerprint density at radius 3 is 2.83 bits per heavy atom. The minimum Gasteiger partial charge on any atom is -0.481 e. The van der Waals surface area contributed by atoms with Crippen molar-refractivity contribution in [3.63, 3.8) is 0 Å². The first-order chi connectivity index (χ1) is 8.83. The molecule has 1 aliphatic rings. The van der Waals surface area contributed by atoms with Crippen LogP contribution in [0.25, 0.3) is 0 Å². The maximum absolute atomic E-state index is 6.05. The highest BCUT2D eigenvalue weighted by Gasteiger charge is 2.15. The van der Waals surface area contributed by atoms with Gasteiger partial charge in [0.15, 0.2) is 0 Å². The number of halogens is 1. The van der Waals surface area contributed by atoms with E-state index in [-0.39, 0.29) is 6.10 Å². The number of hydrogen-bond acceptors (Lipinski definition) is 1. The van der Waals surface area contributed by atoms with Crippen molar-refractivity contribution in [2.75, 3.05) is 0 Å². The minimum absolute atomic E-state index is 0.0626. The summed E-state index contributed by atoms with van der Waals surface area (Å²) >= 11 is 6.03. The quantitative estimate of drug-likeness (QED) is 0.679. The van der Waals surface area contributed by atoms with Gasteiger partial charge in [0.05, 0.1) is 0 Å². The van der Waals surface area contributed by atoms with Crippen LogP contribution in [0.1, 0.15) is 17.2 Å². The molecule has 2 heteroatoms. The van der Waals surface area contributed by atoms with E-state index in [1.165, 1.54) is 5.56 Å². The highest BCUT2D eigenvalue weighted by molar-refractivity contribution is 6.30. The summed E-state index contributed by atoms with van der Waals surface area (Å²) in [5, 5.41) is 0.738. The Bertz CT molecular complexity index is 589. The average Bonchev–Trinajstić information content (AvgIpc) is 2.60. The van der Waals surface area contributed by atoms with E-state index in [0.29, 0.717) is 0 Å². The summed E-state index contributed by atoms with van der Waals surface area (Å²) in [5.74, 6) is 0.951. The summed E-state index contributed by atoms with van der Waals surface area (Å²) < 4.78 is 6.05. The number of para-hydroxylation sites is 1. The smallest absolute Gasteiger partial charge is 0.142 e. The fourth-order valence-electron chi connectivity index (χ4n) is 2.14. The fourth-order valence-corrected chi connectivity index (χ4v) is 2.34. The summed E-state index contributed by atoms with van der Waals surface area (Å²) in [6, 6.07) is 16.0. The molecule has 0 spiro atoms. The molecular formula is C16H13ClO. The Labute approximate surface area is 112 Å². The molecule has 0 fully saturated rings. The standard InChI is InChI=1S/C16H13ClO/c17-14-8-3-7-13(11-14)16-10-4-6-12-5-1-2-9-15(12)18-16/h1-5,7-11,16H,6H2. The first-order valence-electron chi connectivity index (χ1n) is 5.99. The Hall–Kier alpha value is -1.73. The molecule has 1 unspecified atom stereocenters. The lowest BCUT2D eigenvalue weighted by molar-refractivity contribution is 0.256. The Morgan fingerprint density at radius 2 is 1.94 bits per heavy atom. The zero-order chi connectivity index (χ0) is 12.4. The van der Waals surface area contributed by atoms with E-state index in [9.17, 15) is 0 Å². The Morgan fingerprint density at radius 1 is 1.06 bits per heavy atom. The van der Waals surface area contributed by atoms with Crippen molar-refractivity contribution in [3.8, 4) is 5.75 Å². The normalized spacial score (nSPS) is 17.7. The van der Waals surface area contributed by atoms with Crippen molar-refractivity contribution in [2.45, 2.75) is 12.5 Å². The lowest BCUT2D eigenvalue weighted by Crippen LogP contribution is -2.04. The number of hydrogen-bond donors (Lipinski definition) is 0. The highest BCUT2D eigenvalue weighted by atomic mass is 35.5. The molecule has 1 nitrogen and oxygen atoms in total. The van der Waals surface area contributed by atoms with Crippen LogP contribution in [-0.4, -0.2) is 0 Å². The maximum Gasteiger partial charge on any atom is 0.142 e. The van der Waals surface area contributed by atoms with Crippen LogP contribution in [0.15, 0.2) is 60.7 Å². The van der Waals surface area contributed by atoms with Crippen molar-refractivity contribution in [3.05, 3.63) is 76.8 Å². The van der Waals surface area contributed by atoms with Gasteiger partial charge in [-0.2, -0.15) is 0 Å². The predicted octanol–water partition coefficient (Wildman–Crippen LogP) is 4.57. The van der Waals surface area contributed by atoms with Crippen molar-refractivity contribution in [2.24, 2.45) is 0 Å². The molecule has 3 rings (SSSR count). The second kappa shape index (κ2) is 4.87. The van der Waals surface area contributed by atoms with Gasteiger partial charge in [-0.05, 0) is 41.8 Å². The summed E-state index contributed by atoms with van der Waals surface area (Å²) in [4.78, 5) is 0. The number of ether oxygens (including phenoxy) is 1. The summed E-state index contributed by atoms with van der Waals surface area (Å²) in [6.07, 6.45) is 5.09. The second-order valence-corrected chi connectivity index (χ2v) is 4.77. The van der Waals surface area contributed by atoms with Crippen LogP contribution in [-0.2, 0) is 6.42 Å². The van der Waals surface area contributed by atoms with E-state index in [1.807, 2.05) is 42.5 Å². The van der Waals surface area contributed by atoms with Gasteiger partial charge in [-0.3, -0.25) is 0 Å². The number of fused-ring (bicyclic) bond motifs is 1. The summed E-state index contributed by atoms with van der Waals surface area (Å²) in [6.45, 7) is 0. The van der Waals surface area contributed by atoms with E-state index < -0.39 is 0 Å². The molecule has 90 valence electrons. The molecule has 0 aliphatic carbocycles. The molecule has 1 atom stereocenters. The van der Waals surface area contributed by atoms with Gasteiger partial charge in [0, 0.05) is 5.02 Å². The molecule has 0 bridgehead atoms. The molecular weight excluding hydrogens is 244 g/mol. The van der Waals surface area contributed by atoms with Crippen molar-refractivity contribution >= 4 is 11.6 Å².